The number of hydrogen-bond donors (Lipinski definition) is 1. The van der Waals surface area contributed by atoms with E-state index in [-0.39, 0.29) is 17.1 Å². The molecule has 3 aromatic rings. The molecule has 0 aliphatic carbocycles. The minimum atomic E-state index is -0.559. The Morgan fingerprint density at radius 1 is 1.35 bits per heavy atom. The van der Waals surface area contributed by atoms with Crippen molar-refractivity contribution in [2.45, 2.75) is 0 Å². The van der Waals surface area contributed by atoms with Crippen molar-refractivity contribution in [2.24, 2.45) is 0 Å². The normalized spacial score (nSPS) is 10.7. The highest BCUT2D eigenvalue weighted by molar-refractivity contribution is 6.16. The van der Waals surface area contributed by atoms with Gasteiger partial charge in [-0.1, -0.05) is 0 Å². The van der Waals surface area contributed by atoms with E-state index in [4.69, 9.17) is 4.74 Å². The Morgan fingerprint density at radius 3 is 2.95 bits per heavy atom. The molecule has 100 valence electrons. The molecule has 0 aliphatic heterocycles. The molecule has 0 aliphatic rings. The van der Waals surface area contributed by atoms with Crippen LogP contribution in [-0.2, 0) is 0 Å². The molecule has 0 saturated heterocycles. The molecule has 0 radical (unpaired) electrons. The lowest BCUT2D eigenvalue weighted by atomic mass is 10.0. The third kappa shape index (κ3) is 1.93. The van der Waals surface area contributed by atoms with Crippen molar-refractivity contribution in [3.05, 3.63) is 59.8 Å². The number of hydrogen-bond acceptors (Lipinski definition) is 3. The number of carbonyl (C=O) groups excluding carboxylic acids is 1. The maximum Gasteiger partial charge on any atom is 0.195 e. The summed E-state index contributed by atoms with van der Waals surface area (Å²) in [5.74, 6) is -0.704. The lowest BCUT2D eigenvalue weighted by molar-refractivity contribution is 0.104. The van der Waals surface area contributed by atoms with Crippen molar-refractivity contribution in [1.82, 2.24) is 9.97 Å². The van der Waals surface area contributed by atoms with Gasteiger partial charge in [-0.15, -0.1) is 0 Å². The largest absolute Gasteiger partial charge is 0.494 e. The van der Waals surface area contributed by atoms with E-state index >= 15 is 0 Å². The molecular formula is C15H11FN2O2. The number of nitrogens with zero attached hydrogens (tertiary/aromatic N) is 1. The van der Waals surface area contributed by atoms with Gasteiger partial charge in [-0.25, -0.2) is 4.39 Å². The van der Waals surface area contributed by atoms with E-state index in [9.17, 15) is 9.18 Å². The summed E-state index contributed by atoms with van der Waals surface area (Å²) < 4.78 is 18.5. The molecule has 0 atom stereocenters. The zero-order chi connectivity index (χ0) is 14.1. The monoisotopic (exact) mass is 270 g/mol. The number of fused-ring (bicyclic) bond motifs is 1. The second-order valence-corrected chi connectivity index (χ2v) is 4.30. The Kier molecular flexibility index (Phi) is 2.95. The first-order valence-electron chi connectivity index (χ1n) is 6.00. The van der Waals surface area contributed by atoms with Crippen LogP contribution >= 0.6 is 0 Å². The van der Waals surface area contributed by atoms with Crippen LogP contribution in [0.2, 0.25) is 0 Å². The van der Waals surface area contributed by atoms with Crippen LogP contribution in [0.3, 0.4) is 0 Å². The second kappa shape index (κ2) is 4.77. The minimum absolute atomic E-state index is 0.113. The van der Waals surface area contributed by atoms with Crippen LogP contribution < -0.4 is 4.74 Å². The van der Waals surface area contributed by atoms with Gasteiger partial charge in [-0.05, 0) is 24.3 Å². The fourth-order valence-corrected chi connectivity index (χ4v) is 2.11. The molecule has 0 bridgehead atoms. The fraction of sp³-hybridized carbons (Fsp3) is 0.0667. The molecule has 2 heterocycles. The predicted octanol–water partition coefficient (Wildman–Crippen LogP) is 2.94. The highest BCUT2D eigenvalue weighted by Gasteiger charge is 2.16. The number of ketones is 1. The van der Waals surface area contributed by atoms with Gasteiger partial charge in [0.25, 0.3) is 0 Å². The van der Waals surface area contributed by atoms with Gasteiger partial charge in [0.1, 0.15) is 0 Å². The number of nitrogens with one attached hydrogen (secondary N) is 1. The van der Waals surface area contributed by atoms with Crippen LogP contribution in [0, 0.1) is 5.82 Å². The standard InChI is InChI=1S/C15H11FN2O2/c1-20-14-3-2-9(6-12(14)16)15(19)11-8-18-13-4-5-17-7-10(11)13/h2-8,18H,1H3. The summed E-state index contributed by atoms with van der Waals surface area (Å²) in [6.45, 7) is 0. The summed E-state index contributed by atoms with van der Waals surface area (Å²) in [7, 11) is 1.38. The molecule has 20 heavy (non-hydrogen) atoms. The first-order chi connectivity index (χ1) is 9.70. The molecule has 0 amide bonds. The van der Waals surface area contributed by atoms with E-state index < -0.39 is 5.82 Å². The first kappa shape index (κ1) is 12.3. The molecule has 0 unspecified atom stereocenters. The van der Waals surface area contributed by atoms with Crippen LogP contribution in [0.25, 0.3) is 10.9 Å². The van der Waals surface area contributed by atoms with Crippen LogP contribution in [0.4, 0.5) is 4.39 Å². The maximum atomic E-state index is 13.7. The molecular weight excluding hydrogens is 259 g/mol. The minimum Gasteiger partial charge on any atom is -0.494 e. The summed E-state index contributed by atoms with van der Waals surface area (Å²) in [6, 6.07) is 5.94. The van der Waals surface area contributed by atoms with Gasteiger partial charge in [-0.3, -0.25) is 9.78 Å². The molecule has 4 nitrogen and oxygen atoms in total. The number of aromatic nitrogens is 2. The van der Waals surface area contributed by atoms with Gasteiger partial charge in [0, 0.05) is 40.6 Å². The number of ether oxygens (including phenoxy) is 1. The molecule has 0 saturated carbocycles. The fourth-order valence-electron chi connectivity index (χ4n) is 2.11. The summed E-state index contributed by atoms with van der Waals surface area (Å²) in [6.07, 6.45) is 4.86. The topological polar surface area (TPSA) is 55.0 Å². The van der Waals surface area contributed by atoms with Gasteiger partial charge in [0.15, 0.2) is 17.3 Å². The third-order valence-corrected chi connectivity index (χ3v) is 3.14. The quantitative estimate of drug-likeness (QED) is 0.744. The third-order valence-electron chi connectivity index (χ3n) is 3.14. The Bertz CT molecular complexity index is 795. The lowest BCUT2D eigenvalue weighted by Gasteiger charge is -2.04. The van der Waals surface area contributed by atoms with Crippen molar-refractivity contribution in [3.8, 4) is 5.75 Å². The number of H-pyrrole nitrogens is 1. The number of benzene rings is 1. The van der Waals surface area contributed by atoms with Crippen molar-refractivity contribution >= 4 is 16.7 Å². The Hall–Kier alpha value is -2.69. The SMILES string of the molecule is COc1ccc(C(=O)c2c[nH]c3ccncc23)cc1F. The Labute approximate surface area is 114 Å². The van der Waals surface area contributed by atoms with Gasteiger partial charge in [0.2, 0.25) is 0 Å². The smallest absolute Gasteiger partial charge is 0.195 e. The molecule has 1 aromatic carbocycles. The molecule has 0 fully saturated rings. The van der Waals surface area contributed by atoms with Crippen LogP contribution in [0.1, 0.15) is 15.9 Å². The van der Waals surface area contributed by atoms with Gasteiger partial charge < -0.3 is 9.72 Å². The molecule has 5 heteroatoms. The molecule has 2 aromatic heterocycles. The molecule has 1 N–H and O–H groups in total. The number of carbonyl (C=O) groups is 1. The zero-order valence-electron chi connectivity index (χ0n) is 10.7. The van der Waals surface area contributed by atoms with Crippen molar-refractivity contribution in [2.75, 3.05) is 7.11 Å². The predicted molar refractivity (Wildman–Crippen MR) is 72.5 cm³/mol. The van der Waals surface area contributed by atoms with Crippen molar-refractivity contribution in [3.63, 3.8) is 0 Å². The van der Waals surface area contributed by atoms with Crippen LogP contribution in [0.5, 0.6) is 5.75 Å². The Balaban J connectivity index is 2.06. The molecule has 0 spiro atoms. The summed E-state index contributed by atoms with van der Waals surface area (Å²) in [5, 5.41) is 0.716. The van der Waals surface area contributed by atoms with Crippen LogP contribution in [0.15, 0.2) is 42.9 Å². The van der Waals surface area contributed by atoms with Crippen LogP contribution in [-0.4, -0.2) is 22.9 Å². The maximum absolute atomic E-state index is 13.7. The van der Waals surface area contributed by atoms with Gasteiger partial charge in [-0.2, -0.15) is 0 Å². The zero-order valence-corrected chi connectivity index (χ0v) is 10.7. The van der Waals surface area contributed by atoms with Gasteiger partial charge in [0.05, 0.1) is 7.11 Å². The van der Waals surface area contributed by atoms with E-state index in [0.717, 1.165) is 5.52 Å². The summed E-state index contributed by atoms with van der Waals surface area (Å²) in [5.41, 5.74) is 1.56. The first-order valence-corrected chi connectivity index (χ1v) is 6.00. The van der Waals surface area contributed by atoms with Crippen molar-refractivity contribution in [1.29, 1.82) is 0 Å². The number of aromatic amines is 1. The summed E-state index contributed by atoms with van der Waals surface area (Å²) >= 11 is 0. The summed E-state index contributed by atoms with van der Waals surface area (Å²) in [4.78, 5) is 19.4. The average Bonchev–Trinajstić information content (AvgIpc) is 2.90. The number of pyridine rings is 1. The van der Waals surface area contributed by atoms with E-state index in [0.29, 0.717) is 10.9 Å². The van der Waals surface area contributed by atoms with E-state index in [1.807, 2.05) is 0 Å². The number of rotatable bonds is 3. The number of halogens is 1. The van der Waals surface area contributed by atoms with Crippen molar-refractivity contribution < 1.29 is 13.9 Å². The number of methoxy groups -OCH3 is 1. The van der Waals surface area contributed by atoms with E-state index in [1.54, 1.807) is 30.7 Å². The second-order valence-electron chi connectivity index (χ2n) is 4.30. The average molecular weight is 270 g/mol. The van der Waals surface area contributed by atoms with E-state index in [1.165, 1.54) is 19.2 Å². The highest BCUT2D eigenvalue weighted by atomic mass is 19.1. The van der Waals surface area contributed by atoms with Gasteiger partial charge >= 0.3 is 0 Å². The molecule has 3 rings (SSSR count). The highest BCUT2D eigenvalue weighted by Crippen LogP contribution is 2.23. The Morgan fingerprint density at radius 2 is 2.20 bits per heavy atom. The lowest BCUT2D eigenvalue weighted by Crippen LogP contribution is -2.01. The van der Waals surface area contributed by atoms with E-state index in [2.05, 4.69) is 9.97 Å².